The molecule has 0 radical (unpaired) electrons. The summed E-state index contributed by atoms with van der Waals surface area (Å²) in [6.07, 6.45) is -4.61. The summed E-state index contributed by atoms with van der Waals surface area (Å²) in [5.41, 5.74) is -1.44. The number of nitrogens with one attached hydrogen (secondary N) is 1. The predicted molar refractivity (Wildman–Crippen MR) is 75.0 cm³/mol. The third-order valence-corrected chi connectivity index (χ3v) is 4.27. The van der Waals surface area contributed by atoms with E-state index in [1.807, 2.05) is 0 Å². The van der Waals surface area contributed by atoms with Crippen molar-refractivity contribution in [1.82, 2.24) is 5.32 Å². The lowest BCUT2D eigenvalue weighted by atomic mass is 10.1. The van der Waals surface area contributed by atoms with Crippen LogP contribution in [0.5, 0.6) is 0 Å². The van der Waals surface area contributed by atoms with E-state index in [-0.39, 0.29) is 16.8 Å². The lowest BCUT2D eigenvalue weighted by molar-refractivity contribution is -0.138. The smallest absolute Gasteiger partial charge is 0.351 e. The van der Waals surface area contributed by atoms with Gasteiger partial charge in [-0.25, -0.2) is 0 Å². The summed E-state index contributed by atoms with van der Waals surface area (Å²) < 4.78 is 50.0. The number of amides is 1. The van der Waals surface area contributed by atoms with Crippen LogP contribution in [0, 0.1) is 0 Å². The average Bonchev–Trinajstić information content (AvgIpc) is 2.37. The molecule has 0 aliphatic heterocycles. The van der Waals surface area contributed by atoms with Gasteiger partial charge in [0.05, 0.1) is 11.1 Å². The molecule has 0 saturated carbocycles. The van der Waals surface area contributed by atoms with Crippen molar-refractivity contribution in [1.29, 1.82) is 0 Å². The highest BCUT2D eigenvalue weighted by Crippen LogP contribution is 2.33. The van der Waals surface area contributed by atoms with Crippen LogP contribution in [-0.4, -0.2) is 28.2 Å². The van der Waals surface area contributed by atoms with Crippen LogP contribution in [0.2, 0.25) is 0 Å². The molecule has 1 atom stereocenters. The molecule has 1 rings (SSSR count). The van der Waals surface area contributed by atoms with Gasteiger partial charge in [-0.2, -0.15) is 13.2 Å². The monoisotopic (exact) mass is 371 g/mol. The quantitative estimate of drug-likeness (QED) is 0.864. The van der Waals surface area contributed by atoms with Gasteiger partial charge in [0, 0.05) is 33.3 Å². The van der Waals surface area contributed by atoms with E-state index in [0.717, 1.165) is 12.1 Å². The number of carbonyl (C=O) groups is 1. The van der Waals surface area contributed by atoms with E-state index in [0.29, 0.717) is 5.75 Å². The van der Waals surface area contributed by atoms with Crippen LogP contribution in [-0.2, 0) is 17.0 Å². The summed E-state index contributed by atoms with van der Waals surface area (Å²) in [7, 11) is -1.07. The van der Waals surface area contributed by atoms with Crippen molar-refractivity contribution in [2.45, 2.75) is 13.1 Å². The van der Waals surface area contributed by atoms with Gasteiger partial charge in [0.25, 0.3) is 5.91 Å². The summed E-state index contributed by atoms with van der Waals surface area (Å²) in [4.78, 5) is 11.8. The van der Waals surface area contributed by atoms with E-state index in [9.17, 15) is 22.2 Å². The summed E-state index contributed by atoms with van der Waals surface area (Å²) in [6.45, 7) is 1.81. The van der Waals surface area contributed by atoms with E-state index in [1.165, 1.54) is 6.07 Å². The van der Waals surface area contributed by atoms with E-state index >= 15 is 0 Å². The Kier molecular flexibility index (Phi) is 6.19. The van der Waals surface area contributed by atoms with E-state index < -0.39 is 34.0 Å². The minimum absolute atomic E-state index is 0.0760. The normalized spacial score (nSPS) is 13.1. The van der Waals surface area contributed by atoms with Gasteiger partial charge in [0.2, 0.25) is 0 Å². The fourth-order valence-electron chi connectivity index (χ4n) is 1.47. The van der Waals surface area contributed by atoms with Crippen molar-refractivity contribution >= 4 is 32.6 Å². The van der Waals surface area contributed by atoms with Crippen molar-refractivity contribution in [3.8, 4) is 0 Å². The van der Waals surface area contributed by atoms with Crippen molar-refractivity contribution in [3.05, 3.63) is 33.8 Å². The van der Waals surface area contributed by atoms with Crippen LogP contribution in [0.3, 0.4) is 0 Å². The molecule has 0 heterocycles. The molecule has 0 bridgehead atoms. The highest BCUT2D eigenvalue weighted by Gasteiger charge is 2.35. The summed E-state index contributed by atoms with van der Waals surface area (Å²) >= 11 is 2.95. The van der Waals surface area contributed by atoms with Crippen LogP contribution in [0.4, 0.5) is 13.2 Å². The maximum absolute atomic E-state index is 12.8. The van der Waals surface area contributed by atoms with Gasteiger partial charge in [-0.15, -0.1) is 0 Å². The molecule has 0 saturated heterocycles. The van der Waals surface area contributed by atoms with Crippen LogP contribution in [0.25, 0.3) is 0 Å². The van der Waals surface area contributed by atoms with Crippen LogP contribution in [0.1, 0.15) is 22.8 Å². The third kappa shape index (κ3) is 4.90. The van der Waals surface area contributed by atoms with E-state index in [2.05, 4.69) is 21.2 Å². The molecule has 0 fully saturated rings. The van der Waals surface area contributed by atoms with Crippen LogP contribution < -0.4 is 5.32 Å². The first kappa shape index (κ1) is 17.2. The number of alkyl halides is 3. The van der Waals surface area contributed by atoms with Crippen LogP contribution in [0.15, 0.2) is 22.7 Å². The molecule has 1 aromatic carbocycles. The number of halogens is 4. The van der Waals surface area contributed by atoms with Crippen molar-refractivity contribution < 1.29 is 22.2 Å². The van der Waals surface area contributed by atoms with Gasteiger partial charge >= 0.3 is 6.18 Å². The van der Waals surface area contributed by atoms with Gasteiger partial charge in [0.1, 0.15) is 0 Å². The maximum atomic E-state index is 12.8. The minimum atomic E-state index is -4.61. The molecule has 3 nitrogen and oxygen atoms in total. The Hall–Kier alpha value is -0.890. The Morgan fingerprint density at radius 1 is 1.40 bits per heavy atom. The Labute approximate surface area is 125 Å². The molecule has 0 spiro atoms. The second kappa shape index (κ2) is 7.21. The van der Waals surface area contributed by atoms with Gasteiger partial charge in [-0.3, -0.25) is 9.00 Å². The standard InChI is InChI=1S/C12H13BrF3NO2S/c1-2-20(19)6-5-17-11(18)9-4-3-8(13)7-10(9)12(14,15)16/h3-4,7H,2,5-6H2,1H3,(H,17,18). The van der Waals surface area contributed by atoms with Gasteiger partial charge in [-0.1, -0.05) is 22.9 Å². The lowest BCUT2D eigenvalue weighted by Gasteiger charge is -2.13. The molecule has 112 valence electrons. The van der Waals surface area contributed by atoms with Crippen molar-refractivity contribution in [2.24, 2.45) is 0 Å². The maximum Gasteiger partial charge on any atom is 0.417 e. The third-order valence-electron chi connectivity index (χ3n) is 2.47. The summed E-state index contributed by atoms with van der Waals surface area (Å²) in [5, 5.41) is 2.35. The molecule has 1 unspecified atom stereocenters. The van der Waals surface area contributed by atoms with Gasteiger partial charge < -0.3 is 5.32 Å². The zero-order chi connectivity index (χ0) is 15.3. The summed E-state index contributed by atoms with van der Waals surface area (Å²) in [6, 6.07) is 3.34. The number of rotatable bonds is 5. The average molecular weight is 372 g/mol. The summed E-state index contributed by atoms with van der Waals surface area (Å²) in [5.74, 6) is -0.153. The zero-order valence-corrected chi connectivity index (χ0v) is 13.0. The first-order valence-corrected chi connectivity index (χ1v) is 8.03. The second-order valence-electron chi connectivity index (χ2n) is 3.88. The molecular weight excluding hydrogens is 359 g/mol. The molecule has 0 aliphatic rings. The number of benzene rings is 1. The zero-order valence-electron chi connectivity index (χ0n) is 10.6. The molecule has 8 heteroatoms. The van der Waals surface area contributed by atoms with Gasteiger partial charge in [-0.05, 0) is 18.2 Å². The number of carbonyl (C=O) groups excluding carboxylic acids is 1. The van der Waals surface area contributed by atoms with Crippen molar-refractivity contribution in [3.63, 3.8) is 0 Å². The lowest BCUT2D eigenvalue weighted by Crippen LogP contribution is -2.29. The number of hydrogen-bond acceptors (Lipinski definition) is 2. The topological polar surface area (TPSA) is 46.2 Å². The fourth-order valence-corrected chi connectivity index (χ4v) is 2.45. The largest absolute Gasteiger partial charge is 0.417 e. The minimum Gasteiger partial charge on any atom is -0.351 e. The molecular formula is C12H13BrF3NO2S. The molecule has 0 aliphatic carbocycles. The first-order valence-electron chi connectivity index (χ1n) is 5.75. The Morgan fingerprint density at radius 2 is 2.05 bits per heavy atom. The first-order chi connectivity index (χ1) is 9.25. The second-order valence-corrected chi connectivity index (χ2v) is 6.66. The predicted octanol–water partition coefficient (Wildman–Crippen LogP) is 2.97. The molecule has 1 aromatic rings. The highest BCUT2D eigenvalue weighted by molar-refractivity contribution is 9.10. The number of hydrogen-bond donors (Lipinski definition) is 1. The van der Waals surface area contributed by atoms with Crippen molar-refractivity contribution in [2.75, 3.05) is 18.1 Å². The Balaban J connectivity index is 2.85. The molecule has 1 amide bonds. The fraction of sp³-hybridized carbons (Fsp3) is 0.417. The Bertz CT molecular complexity index is 520. The molecule has 0 aromatic heterocycles. The SMILES string of the molecule is CCS(=O)CCNC(=O)c1ccc(Br)cc1C(F)(F)F. The molecule has 20 heavy (non-hydrogen) atoms. The van der Waals surface area contributed by atoms with Crippen LogP contribution >= 0.6 is 15.9 Å². The molecule has 1 N–H and O–H groups in total. The van der Waals surface area contributed by atoms with E-state index in [4.69, 9.17) is 0 Å². The van der Waals surface area contributed by atoms with E-state index in [1.54, 1.807) is 6.92 Å². The van der Waals surface area contributed by atoms with Gasteiger partial charge in [0.15, 0.2) is 0 Å². The highest BCUT2D eigenvalue weighted by atomic mass is 79.9. The Morgan fingerprint density at radius 3 is 2.60 bits per heavy atom.